The van der Waals surface area contributed by atoms with Gasteiger partial charge >= 0.3 is 39.5 Å². The van der Waals surface area contributed by atoms with Crippen LogP contribution in [0.5, 0.6) is 0 Å². The Morgan fingerprint density at radius 3 is 0.962 bits per heavy atom. The zero-order valence-corrected chi connectivity index (χ0v) is 52.6. The molecule has 19 heteroatoms. The lowest BCUT2D eigenvalue weighted by atomic mass is 10.00. The Labute approximate surface area is 479 Å². The molecule has 0 saturated carbocycles. The van der Waals surface area contributed by atoms with Crippen LogP contribution in [0, 0.1) is 17.8 Å². The SMILES string of the molecule is CCCCCCCCCCCCC(=O)O[C@H](COC(=O)CCCCCCCCC(C)C)COP(=O)(O)OC[C@H](O)COP(=O)(O)OC[C@@H](COC(=O)CCCCCCCCC(C)CC)OC(=O)CCCCCCCCCC(C)C. The van der Waals surface area contributed by atoms with Crippen LogP contribution < -0.4 is 0 Å². The van der Waals surface area contributed by atoms with Crippen molar-refractivity contribution in [3.05, 3.63) is 0 Å². The lowest BCUT2D eigenvalue weighted by molar-refractivity contribution is -0.161. The van der Waals surface area contributed by atoms with Crippen molar-refractivity contribution in [3.8, 4) is 0 Å². The van der Waals surface area contributed by atoms with E-state index in [2.05, 4.69) is 48.5 Å². The number of rotatable bonds is 58. The maximum atomic E-state index is 12.9. The van der Waals surface area contributed by atoms with Crippen molar-refractivity contribution in [1.29, 1.82) is 0 Å². The number of unbranched alkanes of at least 4 members (excludes halogenated alkanes) is 25. The van der Waals surface area contributed by atoms with Gasteiger partial charge < -0.3 is 33.8 Å². The Morgan fingerprint density at radius 2 is 0.646 bits per heavy atom. The predicted octanol–water partition coefficient (Wildman–Crippen LogP) is 15.9. The van der Waals surface area contributed by atoms with Gasteiger partial charge in [-0.2, -0.15) is 0 Å². The first-order valence-electron chi connectivity index (χ1n) is 31.4. The quantitative estimate of drug-likeness (QED) is 0.0222. The van der Waals surface area contributed by atoms with Crippen LogP contribution in [0.2, 0.25) is 0 Å². The van der Waals surface area contributed by atoms with Crippen molar-refractivity contribution < 1.29 is 80.2 Å². The van der Waals surface area contributed by atoms with Crippen molar-refractivity contribution in [1.82, 2.24) is 0 Å². The topological polar surface area (TPSA) is 237 Å². The summed E-state index contributed by atoms with van der Waals surface area (Å²) in [6.07, 6.45) is 31.0. The van der Waals surface area contributed by atoms with Crippen LogP contribution in [0.1, 0.15) is 286 Å². The normalized spacial score (nSPS) is 14.8. The molecule has 0 rings (SSSR count). The first kappa shape index (κ1) is 77.1. The van der Waals surface area contributed by atoms with Crippen molar-refractivity contribution in [2.45, 2.75) is 304 Å². The van der Waals surface area contributed by atoms with Crippen LogP contribution in [0.3, 0.4) is 0 Å². The number of carbonyl (C=O) groups is 4. The highest BCUT2D eigenvalue weighted by molar-refractivity contribution is 7.47. The third-order valence-corrected chi connectivity index (χ3v) is 15.9. The number of aliphatic hydroxyl groups excluding tert-OH is 1. The van der Waals surface area contributed by atoms with Crippen LogP contribution in [0.4, 0.5) is 0 Å². The molecule has 0 fully saturated rings. The molecule has 468 valence electrons. The predicted molar refractivity (Wildman–Crippen MR) is 312 cm³/mol. The number of hydrogen-bond acceptors (Lipinski definition) is 15. The van der Waals surface area contributed by atoms with Gasteiger partial charge in [-0.3, -0.25) is 37.3 Å². The molecule has 0 aliphatic carbocycles. The van der Waals surface area contributed by atoms with Gasteiger partial charge in [0.2, 0.25) is 0 Å². The second-order valence-corrected chi connectivity index (χ2v) is 25.8. The Hall–Kier alpha value is -1.94. The van der Waals surface area contributed by atoms with Gasteiger partial charge in [-0.15, -0.1) is 0 Å². The minimum atomic E-state index is -4.94. The second-order valence-electron chi connectivity index (χ2n) is 22.9. The molecule has 0 aromatic heterocycles. The molecule has 0 amide bonds. The van der Waals surface area contributed by atoms with Crippen molar-refractivity contribution in [2.24, 2.45) is 17.8 Å². The van der Waals surface area contributed by atoms with Gasteiger partial charge in [0.25, 0.3) is 0 Å². The molecule has 0 aliphatic rings. The summed E-state index contributed by atoms with van der Waals surface area (Å²) in [4.78, 5) is 71.9. The highest BCUT2D eigenvalue weighted by Gasteiger charge is 2.30. The molecule has 6 atom stereocenters. The minimum absolute atomic E-state index is 0.102. The molecular weight excluding hydrogens is 1050 g/mol. The highest BCUT2D eigenvalue weighted by atomic mass is 31.2. The van der Waals surface area contributed by atoms with Gasteiger partial charge in [0.1, 0.15) is 19.3 Å². The Morgan fingerprint density at radius 1 is 0.367 bits per heavy atom. The van der Waals surface area contributed by atoms with E-state index >= 15 is 0 Å². The zero-order valence-electron chi connectivity index (χ0n) is 50.8. The summed E-state index contributed by atoms with van der Waals surface area (Å²) in [5, 5.41) is 10.5. The van der Waals surface area contributed by atoms with E-state index in [4.69, 9.17) is 37.0 Å². The van der Waals surface area contributed by atoms with E-state index in [1.165, 1.54) is 83.5 Å². The summed E-state index contributed by atoms with van der Waals surface area (Å²) in [6.45, 7) is 11.6. The molecule has 0 aromatic rings. The molecule has 0 spiro atoms. The van der Waals surface area contributed by atoms with E-state index in [-0.39, 0.29) is 25.7 Å². The largest absolute Gasteiger partial charge is 0.472 e. The number of phosphoric acid groups is 2. The number of hydrogen-bond donors (Lipinski definition) is 3. The molecule has 3 N–H and O–H groups in total. The molecule has 0 aliphatic heterocycles. The average Bonchev–Trinajstić information content (AvgIpc) is 3.40. The summed E-state index contributed by atoms with van der Waals surface area (Å²) in [5.74, 6) is -0.0398. The molecule has 17 nitrogen and oxygen atoms in total. The van der Waals surface area contributed by atoms with Crippen molar-refractivity contribution in [3.63, 3.8) is 0 Å². The standard InChI is InChI=1S/C60H116O17P2/c1-8-10-11-12-13-14-15-18-29-36-43-59(64)76-55(47-70-57(62)41-34-27-22-20-25-32-39-52(5)6)49-74-78(66,67)72-45-54(61)46-73-79(68,69)75-50-56(77-60(65)44-37-30-19-16-17-24-31-38-51(3)4)48-71-58(63)42-35-28-23-21-26-33-40-53(7)9-2/h51-56,61H,8-50H2,1-7H3,(H,66,67)(H,68,69)/t53?,54-,55+,56+/m0/s1. The Bertz CT molecular complexity index is 1580. The van der Waals surface area contributed by atoms with Gasteiger partial charge in [0.05, 0.1) is 26.4 Å². The molecule has 0 saturated heterocycles. The lowest BCUT2D eigenvalue weighted by Crippen LogP contribution is -2.30. The molecule has 0 radical (unpaired) electrons. The molecule has 3 unspecified atom stereocenters. The smallest absolute Gasteiger partial charge is 0.462 e. The molecule has 0 aromatic carbocycles. The van der Waals surface area contributed by atoms with E-state index in [0.717, 1.165) is 109 Å². The number of esters is 4. The number of phosphoric ester groups is 2. The molecular formula is C60H116O17P2. The lowest BCUT2D eigenvalue weighted by Gasteiger charge is -2.21. The summed E-state index contributed by atoms with van der Waals surface area (Å²) >= 11 is 0. The highest BCUT2D eigenvalue weighted by Crippen LogP contribution is 2.45. The van der Waals surface area contributed by atoms with Crippen LogP contribution in [0.15, 0.2) is 0 Å². The van der Waals surface area contributed by atoms with E-state index in [9.17, 15) is 43.2 Å². The van der Waals surface area contributed by atoms with E-state index in [1.807, 2.05) is 0 Å². The maximum Gasteiger partial charge on any atom is 0.472 e. The van der Waals surface area contributed by atoms with E-state index in [0.29, 0.717) is 37.5 Å². The minimum Gasteiger partial charge on any atom is -0.462 e. The number of carbonyl (C=O) groups excluding carboxylic acids is 4. The summed E-state index contributed by atoms with van der Waals surface area (Å²) in [5.41, 5.74) is 0. The molecule has 79 heavy (non-hydrogen) atoms. The Kier molecular flexibility index (Phi) is 50.4. The molecule has 0 bridgehead atoms. The van der Waals surface area contributed by atoms with E-state index < -0.39 is 97.5 Å². The third kappa shape index (κ3) is 53.8. The van der Waals surface area contributed by atoms with E-state index in [1.54, 1.807) is 0 Å². The van der Waals surface area contributed by atoms with Gasteiger partial charge in [-0.25, -0.2) is 9.13 Å². The summed E-state index contributed by atoms with van der Waals surface area (Å²) < 4.78 is 67.7. The first-order chi connectivity index (χ1) is 37.8. The average molecular weight is 1170 g/mol. The monoisotopic (exact) mass is 1170 g/mol. The first-order valence-corrected chi connectivity index (χ1v) is 34.4. The van der Waals surface area contributed by atoms with Gasteiger partial charge in [-0.05, 0) is 43.4 Å². The van der Waals surface area contributed by atoms with Crippen molar-refractivity contribution in [2.75, 3.05) is 39.6 Å². The van der Waals surface area contributed by atoms with Gasteiger partial charge in [-0.1, -0.05) is 235 Å². The zero-order chi connectivity index (χ0) is 58.8. The fourth-order valence-electron chi connectivity index (χ4n) is 8.74. The Balaban J connectivity index is 5.25. The fraction of sp³-hybridized carbons (Fsp3) is 0.933. The van der Waals surface area contributed by atoms with Crippen LogP contribution in [-0.4, -0.2) is 96.7 Å². The second kappa shape index (κ2) is 51.7. The van der Waals surface area contributed by atoms with Crippen LogP contribution in [0.25, 0.3) is 0 Å². The molecule has 0 heterocycles. The van der Waals surface area contributed by atoms with Gasteiger partial charge in [0, 0.05) is 25.7 Å². The number of ether oxygens (including phenoxy) is 4. The van der Waals surface area contributed by atoms with Crippen LogP contribution >= 0.6 is 15.6 Å². The number of aliphatic hydroxyl groups is 1. The van der Waals surface area contributed by atoms with Crippen LogP contribution in [-0.2, 0) is 65.4 Å². The van der Waals surface area contributed by atoms with Gasteiger partial charge in [0.15, 0.2) is 12.2 Å². The van der Waals surface area contributed by atoms with Crippen molar-refractivity contribution >= 4 is 39.5 Å². The summed E-state index contributed by atoms with van der Waals surface area (Å²) in [6, 6.07) is 0. The fourth-order valence-corrected chi connectivity index (χ4v) is 10.3. The summed E-state index contributed by atoms with van der Waals surface area (Å²) in [7, 11) is -9.88. The third-order valence-electron chi connectivity index (χ3n) is 14.0. The maximum absolute atomic E-state index is 12.9.